The van der Waals surface area contributed by atoms with Gasteiger partial charge in [0.25, 0.3) is 0 Å². The molecule has 2 saturated carbocycles. The van der Waals surface area contributed by atoms with Crippen molar-refractivity contribution in [3.8, 4) is 0 Å². The van der Waals surface area contributed by atoms with E-state index < -0.39 is 0 Å². The van der Waals surface area contributed by atoms with Crippen molar-refractivity contribution >= 4 is 23.5 Å². The molecule has 4 aliphatic carbocycles. The number of hydrazone groups is 1. The van der Waals surface area contributed by atoms with Crippen molar-refractivity contribution in [1.29, 1.82) is 0 Å². The lowest BCUT2D eigenvalue weighted by Gasteiger charge is -2.55. The van der Waals surface area contributed by atoms with Crippen molar-refractivity contribution in [2.75, 3.05) is 0 Å². The first-order valence-corrected chi connectivity index (χ1v) is 8.78. The molecule has 2 fully saturated rings. The number of rotatable bonds is 3. The molecule has 4 aliphatic rings. The molecule has 2 bridgehead atoms. The van der Waals surface area contributed by atoms with Crippen LogP contribution >= 0.6 is 12.2 Å². The predicted molar refractivity (Wildman–Crippen MR) is 92.3 cm³/mol. The molecule has 0 unspecified atom stereocenters. The Morgan fingerprint density at radius 2 is 2.10 bits per heavy atom. The number of thiocarbonyl (C=S) groups is 1. The molecule has 2 N–H and O–H groups in total. The van der Waals surface area contributed by atoms with Crippen LogP contribution in [0.15, 0.2) is 16.8 Å². The molecule has 0 spiro atoms. The second kappa shape index (κ2) is 6.07. The summed E-state index contributed by atoms with van der Waals surface area (Å²) < 4.78 is 0. The normalized spacial score (nSPS) is 31.4. The van der Waals surface area contributed by atoms with E-state index in [0.29, 0.717) is 22.5 Å². The third kappa shape index (κ3) is 3.15. The van der Waals surface area contributed by atoms with Crippen molar-refractivity contribution in [2.45, 2.75) is 64.8 Å². The average molecular weight is 305 g/mol. The Labute approximate surface area is 133 Å². The van der Waals surface area contributed by atoms with Gasteiger partial charge in [-0.1, -0.05) is 39.2 Å². The monoisotopic (exact) mass is 305 g/mol. The van der Waals surface area contributed by atoms with Gasteiger partial charge in [0, 0.05) is 6.04 Å². The molecule has 0 aromatic carbocycles. The van der Waals surface area contributed by atoms with Crippen LogP contribution in [0.5, 0.6) is 0 Å². The maximum absolute atomic E-state index is 5.33. The van der Waals surface area contributed by atoms with E-state index in [1.165, 1.54) is 50.5 Å². The molecular weight excluding hydrogens is 278 g/mol. The third-order valence-corrected chi connectivity index (χ3v) is 6.04. The highest BCUT2D eigenvalue weighted by molar-refractivity contribution is 7.80. The van der Waals surface area contributed by atoms with Crippen LogP contribution in [0.2, 0.25) is 0 Å². The molecule has 4 heteroatoms. The highest BCUT2D eigenvalue weighted by atomic mass is 32.1. The van der Waals surface area contributed by atoms with Crippen LogP contribution in [0.1, 0.15) is 58.8 Å². The Morgan fingerprint density at radius 1 is 1.33 bits per heavy atom. The summed E-state index contributed by atoms with van der Waals surface area (Å²) >= 11 is 5.33. The van der Waals surface area contributed by atoms with Gasteiger partial charge in [-0.15, -0.1) is 0 Å². The van der Waals surface area contributed by atoms with Gasteiger partial charge in [0.2, 0.25) is 0 Å². The summed E-state index contributed by atoms with van der Waals surface area (Å²) in [7, 11) is 0. The van der Waals surface area contributed by atoms with Crippen LogP contribution in [0.25, 0.3) is 0 Å². The molecule has 3 nitrogen and oxygen atoms in total. The summed E-state index contributed by atoms with van der Waals surface area (Å²) in [5.74, 6) is 1.56. The minimum Gasteiger partial charge on any atom is -0.359 e. The molecule has 0 heterocycles. The van der Waals surface area contributed by atoms with E-state index in [9.17, 15) is 0 Å². The molecule has 0 radical (unpaired) electrons. The third-order valence-electron chi connectivity index (χ3n) is 5.83. The van der Waals surface area contributed by atoms with Crippen molar-refractivity contribution in [2.24, 2.45) is 22.4 Å². The van der Waals surface area contributed by atoms with E-state index >= 15 is 0 Å². The number of hydrogen-bond donors (Lipinski definition) is 2. The standard InChI is InChI=1S/C17H27N3S/c1-17(2)13-9-8-12(15(17)10-13)11-18-20-16(21)19-14-6-4-3-5-7-14/h8,11,13-15H,3-7,9-10H2,1-2H3,(H2,19,20,21)/b18-11-/t13-,15+/m1/s1. The first-order chi connectivity index (χ1) is 10.1. The topological polar surface area (TPSA) is 36.4 Å². The van der Waals surface area contributed by atoms with E-state index in [4.69, 9.17) is 12.2 Å². The Hall–Kier alpha value is -0.900. The molecule has 2 atom stereocenters. The lowest BCUT2D eigenvalue weighted by Crippen LogP contribution is -2.48. The van der Waals surface area contributed by atoms with Gasteiger partial charge in [-0.05, 0) is 60.7 Å². The van der Waals surface area contributed by atoms with E-state index in [2.05, 4.69) is 35.8 Å². The first kappa shape index (κ1) is 15.0. The zero-order valence-electron chi connectivity index (χ0n) is 13.2. The van der Waals surface area contributed by atoms with Crippen molar-refractivity contribution < 1.29 is 0 Å². The molecule has 4 rings (SSSR count). The Morgan fingerprint density at radius 3 is 2.76 bits per heavy atom. The van der Waals surface area contributed by atoms with Crippen LogP contribution < -0.4 is 10.7 Å². The SMILES string of the molecule is CC1(C)[C@@H]2CC=C(/C=N\NC(=S)NC3CCCCC3)[C@@H]1C2. The van der Waals surface area contributed by atoms with Crippen molar-refractivity contribution in [3.63, 3.8) is 0 Å². The van der Waals surface area contributed by atoms with Crippen LogP contribution in [-0.2, 0) is 0 Å². The largest absolute Gasteiger partial charge is 0.359 e. The van der Waals surface area contributed by atoms with Crippen molar-refractivity contribution in [3.05, 3.63) is 11.6 Å². The van der Waals surface area contributed by atoms with Crippen LogP contribution in [0, 0.1) is 17.3 Å². The first-order valence-electron chi connectivity index (χ1n) is 8.37. The summed E-state index contributed by atoms with van der Waals surface area (Å²) in [6.07, 6.45) is 13.3. The number of nitrogens with one attached hydrogen (secondary N) is 2. The fourth-order valence-corrected chi connectivity index (χ4v) is 4.39. The van der Waals surface area contributed by atoms with Gasteiger partial charge in [-0.25, -0.2) is 0 Å². The fourth-order valence-electron chi connectivity index (χ4n) is 4.17. The second-order valence-electron chi connectivity index (χ2n) is 7.42. The van der Waals surface area contributed by atoms with Crippen LogP contribution in [0.3, 0.4) is 0 Å². The number of nitrogens with zero attached hydrogens (tertiary/aromatic N) is 1. The van der Waals surface area contributed by atoms with Crippen LogP contribution in [-0.4, -0.2) is 17.4 Å². The molecule has 0 amide bonds. The van der Waals surface area contributed by atoms with Gasteiger partial charge in [-0.3, -0.25) is 5.43 Å². The zero-order chi connectivity index (χ0) is 14.9. The van der Waals surface area contributed by atoms with E-state index in [0.717, 1.165) is 5.92 Å². The Kier molecular flexibility index (Phi) is 4.34. The van der Waals surface area contributed by atoms with Crippen molar-refractivity contribution in [1.82, 2.24) is 10.7 Å². The van der Waals surface area contributed by atoms with Gasteiger partial charge in [0.1, 0.15) is 0 Å². The summed E-state index contributed by atoms with van der Waals surface area (Å²) in [6.45, 7) is 4.77. The maximum Gasteiger partial charge on any atom is 0.187 e. The number of fused-ring (bicyclic) bond motifs is 1. The molecule has 0 aromatic rings. The molecule has 0 saturated heterocycles. The highest BCUT2D eigenvalue weighted by Gasteiger charge is 2.50. The molecule has 0 aromatic heterocycles. The fraction of sp³-hybridized carbons (Fsp3) is 0.765. The minimum atomic E-state index is 0.455. The summed E-state index contributed by atoms with van der Waals surface area (Å²) in [5, 5.41) is 8.40. The Balaban J connectivity index is 1.46. The van der Waals surface area contributed by atoms with Crippen LogP contribution in [0.4, 0.5) is 0 Å². The Bertz CT molecular complexity index is 461. The number of allylic oxidation sites excluding steroid dienone is 2. The zero-order valence-corrected chi connectivity index (χ0v) is 14.0. The lowest BCUT2D eigenvalue weighted by atomic mass is 9.49. The van der Waals surface area contributed by atoms with Gasteiger partial charge >= 0.3 is 0 Å². The molecule has 21 heavy (non-hydrogen) atoms. The summed E-state index contributed by atoms with van der Waals surface area (Å²) in [6, 6.07) is 0.536. The second-order valence-corrected chi connectivity index (χ2v) is 7.83. The molecular formula is C17H27N3S. The highest BCUT2D eigenvalue weighted by Crippen LogP contribution is 2.58. The summed E-state index contributed by atoms with van der Waals surface area (Å²) in [5.41, 5.74) is 4.83. The summed E-state index contributed by atoms with van der Waals surface area (Å²) in [4.78, 5) is 0. The minimum absolute atomic E-state index is 0.455. The molecule has 116 valence electrons. The van der Waals surface area contributed by atoms with E-state index in [1.54, 1.807) is 0 Å². The predicted octanol–water partition coefficient (Wildman–Crippen LogP) is 3.76. The molecule has 0 aliphatic heterocycles. The van der Waals surface area contributed by atoms with E-state index in [-0.39, 0.29) is 0 Å². The number of hydrogen-bond acceptors (Lipinski definition) is 2. The van der Waals surface area contributed by atoms with Gasteiger partial charge in [0.15, 0.2) is 5.11 Å². The quantitative estimate of drug-likeness (QED) is 0.473. The van der Waals surface area contributed by atoms with E-state index in [1.807, 2.05) is 6.21 Å². The van der Waals surface area contributed by atoms with Gasteiger partial charge in [-0.2, -0.15) is 5.10 Å². The average Bonchev–Trinajstić information content (AvgIpc) is 2.48. The van der Waals surface area contributed by atoms with Gasteiger partial charge in [0.05, 0.1) is 6.21 Å². The smallest absolute Gasteiger partial charge is 0.187 e. The van der Waals surface area contributed by atoms with Gasteiger partial charge < -0.3 is 5.32 Å². The lowest BCUT2D eigenvalue weighted by molar-refractivity contribution is -0.00126. The maximum atomic E-state index is 5.33.